The number of carboxylic acids is 1. The van der Waals surface area contributed by atoms with E-state index in [-0.39, 0.29) is 25.6 Å². The number of hydrogen-bond donors (Lipinski definition) is 3. The number of halogens is 1. The van der Waals surface area contributed by atoms with Crippen molar-refractivity contribution in [2.24, 2.45) is 5.73 Å². The Bertz CT molecular complexity index is 328. The van der Waals surface area contributed by atoms with Crippen molar-refractivity contribution in [1.29, 1.82) is 0 Å². The van der Waals surface area contributed by atoms with E-state index in [0.29, 0.717) is 11.3 Å². The molecule has 0 unspecified atom stereocenters. The van der Waals surface area contributed by atoms with Crippen molar-refractivity contribution >= 4 is 18.4 Å². The van der Waals surface area contributed by atoms with E-state index < -0.39 is 12.0 Å². The van der Waals surface area contributed by atoms with Crippen LogP contribution in [0.25, 0.3) is 0 Å². The third kappa shape index (κ3) is 4.06. The van der Waals surface area contributed by atoms with Crippen LogP contribution in [0.1, 0.15) is 11.6 Å². The predicted octanol–water partition coefficient (Wildman–Crippen LogP) is 0.564. The maximum Gasteiger partial charge on any atom is 0.325 e. The Morgan fingerprint density at radius 1 is 1.38 bits per heavy atom. The van der Waals surface area contributed by atoms with Crippen molar-refractivity contribution in [1.82, 2.24) is 0 Å². The van der Waals surface area contributed by atoms with Crippen LogP contribution in [-0.4, -0.2) is 29.4 Å². The van der Waals surface area contributed by atoms with Crippen LogP contribution in [-0.2, 0) is 4.79 Å². The zero-order chi connectivity index (χ0) is 11.3. The van der Waals surface area contributed by atoms with Gasteiger partial charge in [0.25, 0.3) is 0 Å². The van der Waals surface area contributed by atoms with E-state index in [1.807, 2.05) is 0 Å². The number of benzene rings is 1. The molecule has 0 amide bonds. The van der Waals surface area contributed by atoms with Gasteiger partial charge in [-0.15, -0.1) is 12.4 Å². The van der Waals surface area contributed by atoms with Crippen molar-refractivity contribution in [3.05, 3.63) is 29.8 Å². The van der Waals surface area contributed by atoms with Crippen LogP contribution in [0.15, 0.2) is 24.3 Å². The van der Waals surface area contributed by atoms with E-state index in [1.165, 1.54) is 0 Å². The first-order chi connectivity index (χ1) is 7.15. The van der Waals surface area contributed by atoms with Crippen molar-refractivity contribution in [3.63, 3.8) is 0 Å². The minimum absolute atomic E-state index is 0. The molecular weight excluding hydrogens is 234 g/mol. The molecule has 0 bridgehead atoms. The molecule has 0 radical (unpaired) electrons. The first-order valence-corrected chi connectivity index (χ1v) is 4.47. The molecule has 0 saturated heterocycles. The Morgan fingerprint density at radius 2 is 1.94 bits per heavy atom. The zero-order valence-corrected chi connectivity index (χ0v) is 9.31. The van der Waals surface area contributed by atoms with Gasteiger partial charge in [-0.25, -0.2) is 0 Å². The average molecular weight is 248 g/mol. The molecule has 6 heteroatoms. The summed E-state index contributed by atoms with van der Waals surface area (Å²) in [6, 6.07) is 5.40. The second-order valence-electron chi connectivity index (χ2n) is 2.96. The van der Waals surface area contributed by atoms with Crippen LogP contribution in [0.3, 0.4) is 0 Å². The Kier molecular flexibility index (Phi) is 6.48. The topological polar surface area (TPSA) is 92.8 Å². The van der Waals surface area contributed by atoms with Gasteiger partial charge in [-0.3, -0.25) is 4.79 Å². The fourth-order valence-corrected chi connectivity index (χ4v) is 1.08. The molecule has 5 nitrogen and oxygen atoms in total. The molecule has 0 saturated carbocycles. The Morgan fingerprint density at radius 3 is 2.38 bits per heavy atom. The van der Waals surface area contributed by atoms with Crippen LogP contribution in [0.4, 0.5) is 0 Å². The molecule has 4 N–H and O–H groups in total. The van der Waals surface area contributed by atoms with Crippen LogP contribution >= 0.6 is 12.4 Å². The van der Waals surface area contributed by atoms with Gasteiger partial charge in [0.2, 0.25) is 0 Å². The van der Waals surface area contributed by atoms with Crippen molar-refractivity contribution in [2.45, 2.75) is 6.04 Å². The largest absolute Gasteiger partial charge is 0.491 e. The third-order valence-corrected chi connectivity index (χ3v) is 1.87. The standard InChI is InChI=1S/C10H13NO4.ClH/c11-9(10(13)14)7-1-3-8(4-2-7)15-6-5-12;/h1-4,9,12H,5-6,11H2,(H,13,14);1H/t9-;/m1./s1. The van der Waals surface area contributed by atoms with Gasteiger partial charge in [-0.05, 0) is 17.7 Å². The molecule has 1 aromatic rings. The molecule has 1 aromatic carbocycles. The lowest BCUT2D eigenvalue weighted by molar-refractivity contribution is -0.138. The number of ether oxygens (including phenoxy) is 1. The maximum absolute atomic E-state index is 10.6. The molecule has 0 spiro atoms. The minimum Gasteiger partial charge on any atom is -0.491 e. The van der Waals surface area contributed by atoms with E-state index in [4.69, 9.17) is 20.7 Å². The number of aliphatic hydroxyl groups excluding tert-OH is 1. The van der Waals surface area contributed by atoms with E-state index in [2.05, 4.69) is 0 Å². The number of nitrogens with two attached hydrogens (primary N) is 1. The molecule has 90 valence electrons. The van der Waals surface area contributed by atoms with Crippen LogP contribution in [0.2, 0.25) is 0 Å². The van der Waals surface area contributed by atoms with E-state index in [0.717, 1.165) is 0 Å². The Labute approximate surface area is 99.2 Å². The number of carboxylic acid groups (broad SMARTS) is 1. The summed E-state index contributed by atoms with van der Waals surface area (Å²) >= 11 is 0. The molecule has 0 aromatic heterocycles. The zero-order valence-electron chi connectivity index (χ0n) is 8.50. The van der Waals surface area contributed by atoms with E-state index in [9.17, 15) is 4.79 Å². The van der Waals surface area contributed by atoms with Crippen LogP contribution in [0.5, 0.6) is 5.75 Å². The van der Waals surface area contributed by atoms with Crippen molar-refractivity contribution in [2.75, 3.05) is 13.2 Å². The van der Waals surface area contributed by atoms with E-state index in [1.54, 1.807) is 24.3 Å². The lowest BCUT2D eigenvalue weighted by atomic mass is 10.1. The first kappa shape index (κ1) is 14.7. The predicted molar refractivity (Wildman–Crippen MR) is 60.8 cm³/mol. The fourth-order valence-electron chi connectivity index (χ4n) is 1.08. The monoisotopic (exact) mass is 247 g/mol. The van der Waals surface area contributed by atoms with Gasteiger partial charge in [0.05, 0.1) is 6.61 Å². The van der Waals surface area contributed by atoms with Gasteiger partial charge in [-0.2, -0.15) is 0 Å². The Hall–Kier alpha value is -1.30. The molecule has 0 heterocycles. The summed E-state index contributed by atoms with van der Waals surface area (Å²) in [5.74, 6) is -0.496. The third-order valence-electron chi connectivity index (χ3n) is 1.87. The van der Waals surface area contributed by atoms with Gasteiger partial charge in [0.1, 0.15) is 18.4 Å². The second-order valence-corrected chi connectivity index (χ2v) is 2.96. The highest BCUT2D eigenvalue weighted by Gasteiger charge is 2.13. The summed E-state index contributed by atoms with van der Waals surface area (Å²) in [7, 11) is 0. The van der Waals surface area contributed by atoms with Crippen molar-refractivity contribution in [3.8, 4) is 5.75 Å². The molecule has 0 fully saturated rings. The normalized spacial score (nSPS) is 11.4. The fraction of sp³-hybridized carbons (Fsp3) is 0.300. The summed E-state index contributed by atoms with van der Waals surface area (Å²) in [6.45, 7) is 0.153. The number of carbonyl (C=O) groups is 1. The molecule has 0 aliphatic heterocycles. The highest BCUT2D eigenvalue weighted by Crippen LogP contribution is 2.16. The molecular formula is C10H14ClNO4. The highest BCUT2D eigenvalue weighted by atomic mass is 35.5. The minimum atomic E-state index is -1.07. The molecule has 1 rings (SSSR count). The summed E-state index contributed by atoms with van der Waals surface area (Å²) in [5.41, 5.74) is 5.92. The summed E-state index contributed by atoms with van der Waals surface area (Å²) in [5, 5.41) is 17.2. The Balaban J connectivity index is 0.00000225. The van der Waals surface area contributed by atoms with Crippen molar-refractivity contribution < 1.29 is 19.7 Å². The van der Waals surface area contributed by atoms with Crippen LogP contribution in [0, 0.1) is 0 Å². The first-order valence-electron chi connectivity index (χ1n) is 4.47. The summed E-state index contributed by atoms with van der Waals surface area (Å²) < 4.78 is 5.11. The summed E-state index contributed by atoms with van der Waals surface area (Å²) in [6.07, 6.45) is 0. The molecule has 0 aliphatic rings. The second kappa shape index (κ2) is 7.05. The number of aliphatic hydroxyl groups is 1. The van der Waals surface area contributed by atoms with Gasteiger partial charge in [0.15, 0.2) is 0 Å². The molecule has 16 heavy (non-hydrogen) atoms. The van der Waals surface area contributed by atoms with Gasteiger partial charge in [0, 0.05) is 0 Å². The molecule has 0 aliphatic carbocycles. The van der Waals surface area contributed by atoms with Gasteiger partial charge < -0.3 is 20.7 Å². The highest BCUT2D eigenvalue weighted by molar-refractivity contribution is 5.85. The smallest absolute Gasteiger partial charge is 0.325 e. The number of hydrogen-bond acceptors (Lipinski definition) is 4. The SMILES string of the molecule is Cl.N[C@@H](C(=O)O)c1ccc(OCCO)cc1. The number of rotatable bonds is 5. The maximum atomic E-state index is 10.6. The van der Waals surface area contributed by atoms with Crippen LogP contribution < -0.4 is 10.5 Å². The lowest BCUT2D eigenvalue weighted by Gasteiger charge is -2.08. The average Bonchev–Trinajstić information content (AvgIpc) is 2.26. The number of aliphatic carboxylic acids is 1. The lowest BCUT2D eigenvalue weighted by Crippen LogP contribution is -2.20. The molecule has 1 atom stereocenters. The summed E-state index contributed by atoms with van der Waals surface area (Å²) in [4.78, 5) is 10.6. The van der Waals surface area contributed by atoms with Gasteiger partial charge >= 0.3 is 5.97 Å². The van der Waals surface area contributed by atoms with Gasteiger partial charge in [-0.1, -0.05) is 12.1 Å². The van der Waals surface area contributed by atoms with E-state index >= 15 is 0 Å². The quantitative estimate of drug-likeness (QED) is 0.707.